The van der Waals surface area contributed by atoms with Gasteiger partial charge in [0.15, 0.2) is 5.75 Å². The number of carbonyl (C=O) groups is 1. The van der Waals surface area contributed by atoms with Crippen molar-refractivity contribution in [1.82, 2.24) is 9.97 Å². The number of anilines is 6. The average molecular weight is 1360 g/mol. The third-order valence-corrected chi connectivity index (χ3v) is 16.9. The molecule has 2 heterocycles. The predicted octanol–water partition coefficient (Wildman–Crippen LogP) is 22.9. The van der Waals surface area contributed by atoms with Crippen molar-refractivity contribution in [2.45, 2.75) is 40.7 Å². The quantitative estimate of drug-likeness (QED) is 0.0302. The summed E-state index contributed by atoms with van der Waals surface area (Å²) < 4.78 is 0. The van der Waals surface area contributed by atoms with Crippen molar-refractivity contribution in [3.63, 3.8) is 0 Å². The molecule has 0 spiro atoms. The van der Waals surface area contributed by atoms with Crippen molar-refractivity contribution in [2.75, 3.05) is 28.1 Å². The van der Waals surface area contributed by atoms with E-state index in [2.05, 4.69) is 169 Å². The normalized spacial score (nSPS) is 11.1. The monoisotopic (exact) mass is 1360 g/mol. The number of hydrogen-bond donors (Lipinski definition) is 7. The first-order valence-electron chi connectivity index (χ1n) is 31.7. The number of aryl methyl sites for hydroxylation is 4. The van der Waals surface area contributed by atoms with Gasteiger partial charge < -0.3 is 43.1 Å². The molecule has 0 bridgehead atoms. The molecule has 1 amide bonds. The molecule has 13 aromatic carbocycles. The van der Waals surface area contributed by atoms with Crippen LogP contribution >= 0.6 is 0 Å². The van der Waals surface area contributed by atoms with Gasteiger partial charge in [0.25, 0.3) is 5.91 Å². The zero-order chi connectivity index (χ0) is 66.1. The largest absolute Gasteiger partial charge is 0.505 e. The van der Waals surface area contributed by atoms with Gasteiger partial charge in [-0.05, 0) is 147 Å². The number of carbonyl (C=O) groups excluding carboxylic acids is 1. The number of hydrogen-bond acceptors (Lipinski definition) is 11. The fraction of sp³-hybridized carbons (Fsp3) is 0.0843. The third kappa shape index (κ3) is 14.9. The van der Waals surface area contributed by atoms with E-state index in [4.69, 9.17) is 4.84 Å². The summed E-state index contributed by atoms with van der Waals surface area (Å²) in [5.74, 6) is -0.614. The van der Waals surface area contributed by atoms with Gasteiger partial charge in [-0.1, -0.05) is 163 Å². The molecule has 0 fully saturated rings. The topological polar surface area (TPSA) is 187 Å². The molecule has 1 radical (unpaired) electrons. The molecule has 7 N–H and O–H groups in total. The number of rotatable bonds is 15. The van der Waals surface area contributed by atoms with Gasteiger partial charge in [-0.15, -0.1) is 22.4 Å². The Morgan fingerprint density at radius 3 is 1.53 bits per heavy atom. The molecule has 0 aliphatic heterocycles. The Labute approximate surface area is 594 Å². The average Bonchev–Trinajstić information content (AvgIpc) is 1.52. The summed E-state index contributed by atoms with van der Waals surface area (Å²) in [6, 6.07) is 88.7. The summed E-state index contributed by atoms with van der Waals surface area (Å²) in [4.78, 5) is 28.3. The molecular formula is C83H72N10O4Y-2. The van der Waals surface area contributed by atoms with E-state index < -0.39 is 5.91 Å². The molecule has 2 aromatic heterocycles. The maximum Gasteiger partial charge on any atom is 0.259 e. The second-order valence-corrected chi connectivity index (χ2v) is 23.4. The summed E-state index contributed by atoms with van der Waals surface area (Å²) in [5, 5.41) is 54.2. The summed E-state index contributed by atoms with van der Waals surface area (Å²) in [6.07, 6.45) is 0.883. The van der Waals surface area contributed by atoms with Gasteiger partial charge in [0.2, 0.25) is 0 Å². The number of azo groups is 2. The molecule has 0 saturated carbocycles. The molecule has 0 aliphatic rings. The van der Waals surface area contributed by atoms with E-state index in [0.29, 0.717) is 33.7 Å². The van der Waals surface area contributed by atoms with Crippen LogP contribution in [-0.4, -0.2) is 33.1 Å². The van der Waals surface area contributed by atoms with Crippen LogP contribution in [0.5, 0.6) is 11.5 Å². The first-order valence-corrected chi connectivity index (χ1v) is 31.7. The van der Waals surface area contributed by atoms with Gasteiger partial charge >= 0.3 is 0 Å². The van der Waals surface area contributed by atoms with Crippen LogP contribution < -0.4 is 21.0 Å². The minimum Gasteiger partial charge on any atom is -0.505 e. The van der Waals surface area contributed by atoms with E-state index in [1.54, 1.807) is 18.2 Å². The van der Waals surface area contributed by atoms with E-state index in [0.717, 1.165) is 106 Å². The molecule has 15 heteroatoms. The van der Waals surface area contributed by atoms with Crippen molar-refractivity contribution in [1.29, 1.82) is 0 Å². The minimum atomic E-state index is -0.427. The number of fused-ring (bicyclic) bond motifs is 10. The smallest absolute Gasteiger partial charge is 0.259 e. The van der Waals surface area contributed by atoms with Crippen LogP contribution in [0, 0.1) is 34.3 Å². The Balaban J connectivity index is 0.000000154. The molecule has 15 aromatic rings. The molecule has 0 aliphatic carbocycles. The summed E-state index contributed by atoms with van der Waals surface area (Å²) in [7, 11) is 1.87. The molecule has 0 unspecified atom stereocenters. The zero-order valence-corrected chi connectivity index (χ0v) is 58.1. The number of para-hydroxylation sites is 4. The summed E-state index contributed by atoms with van der Waals surface area (Å²) >= 11 is 0. The first kappa shape index (κ1) is 68.1. The number of aromatic nitrogens is 2. The van der Waals surface area contributed by atoms with Crippen LogP contribution in [0.3, 0.4) is 0 Å². The van der Waals surface area contributed by atoms with Crippen molar-refractivity contribution in [2.24, 2.45) is 20.5 Å². The second-order valence-electron chi connectivity index (χ2n) is 23.4. The van der Waals surface area contributed by atoms with Gasteiger partial charge in [-0.25, -0.2) is 0 Å². The number of phenols is 2. The number of amides is 1. The van der Waals surface area contributed by atoms with Crippen LogP contribution in [0.4, 0.5) is 56.9 Å². The Hall–Kier alpha value is -11.3. The van der Waals surface area contributed by atoms with Gasteiger partial charge in [-0.3, -0.25) is 15.1 Å². The number of aromatic amines is 2. The molecule has 14 nitrogen and oxygen atoms in total. The Morgan fingerprint density at radius 1 is 0.500 bits per heavy atom. The zero-order valence-electron chi connectivity index (χ0n) is 55.3. The number of aromatic hydroxyl groups is 2. The molecule has 0 saturated heterocycles. The van der Waals surface area contributed by atoms with E-state index in [-0.39, 0.29) is 69.5 Å². The minimum absolute atomic E-state index is 0. The van der Waals surface area contributed by atoms with Crippen molar-refractivity contribution < 1.29 is 52.6 Å². The number of H-pyrrole nitrogens is 2. The molecule has 15 rings (SSSR count). The van der Waals surface area contributed by atoms with E-state index >= 15 is 0 Å². The number of benzene rings is 13. The van der Waals surface area contributed by atoms with Crippen molar-refractivity contribution in [3.8, 4) is 11.5 Å². The fourth-order valence-electron chi connectivity index (χ4n) is 11.8. The molecule has 0 atom stereocenters. The van der Waals surface area contributed by atoms with Crippen LogP contribution in [0.2, 0.25) is 0 Å². The Kier molecular flexibility index (Phi) is 21.6. The standard InChI is InChI=1S/C32H29N5O2.C30H22N4O2.C20H18N.CH3.Y/c1-3-20-8-4-6-10-27(20)37-39-19-22-18-21-12-17-26-25-9-5-7-11-28(25)34-30(26)29(21)31(32(22)38)36-35-24-15-13-23(33-2)14-16-24;1-18-11-14-21(15-12-18)33-34-28-26-19(13-16-23-22-9-5-6-10-25(22)32-27(23)26)17-24(29(28)35)30(36)31-20-7-3-2-4-8-20;1-16-8-12-19(13-9-16)21(18-6-4-3-5-7-18)20-14-10-17(2)11-15-20;;/h4-18,33-34,37-38H,3,19H2,1-2H3;2-17,32,35H,1H3,(H,31,36);4-15H,1-2H3;1H3;/q;;2*-1;. The first-order chi connectivity index (χ1) is 47.0. The molecule has 98 heavy (non-hydrogen) atoms. The van der Waals surface area contributed by atoms with Gasteiger partial charge in [0.1, 0.15) is 23.7 Å². The van der Waals surface area contributed by atoms with Gasteiger partial charge in [0.05, 0.1) is 33.7 Å². The molecule has 483 valence electrons. The Bertz CT molecular complexity index is 5290. The van der Waals surface area contributed by atoms with Crippen molar-refractivity contribution in [3.05, 3.63) is 308 Å². The van der Waals surface area contributed by atoms with Crippen molar-refractivity contribution >= 4 is 128 Å². The van der Waals surface area contributed by atoms with E-state index in [1.807, 2.05) is 166 Å². The number of nitrogens with zero attached hydrogens (tertiary/aromatic N) is 5. The van der Waals surface area contributed by atoms with Crippen LogP contribution in [-0.2, 0) is 50.6 Å². The predicted molar refractivity (Wildman–Crippen MR) is 400 cm³/mol. The summed E-state index contributed by atoms with van der Waals surface area (Å²) in [5.41, 5.74) is 20.3. The number of phenolic OH excluding ortho intramolecular Hbond substituents is 2. The van der Waals surface area contributed by atoms with Crippen LogP contribution in [0.15, 0.2) is 281 Å². The van der Waals surface area contributed by atoms with Gasteiger partial charge in [-0.2, -0.15) is 28.4 Å². The van der Waals surface area contributed by atoms with E-state index in [1.165, 1.54) is 11.1 Å². The molecular weight excluding hydrogens is 1290 g/mol. The number of nitrogens with one attached hydrogen (secondary N) is 5. The maximum absolute atomic E-state index is 13.2. The summed E-state index contributed by atoms with van der Waals surface area (Å²) in [6.45, 7) is 8.46. The maximum atomic E-state index is 13.2. The fourth-order valence-corrected chi connectivity index (χ4v) is 11.8. The van der Waals surface area contributed by atoms with E-state index in [9.17, 15) is 15.0 Å². The van der Waals surface area contributed by atoms with Gasteiger partial charge in [0, 0.05) is 111 Å². The third-order valence-electron chi connectivity index (χ3n) is 16.9. The van der Waals surface area contributed by atoms with Crippen LogP contribution in [0.25, 0.3) is 65.2 Å². The SMILES string of the molecule is CCc1ccccc1NOCc1cc2ccc3c4ccccc4[nH]c3c2c(N=Nc2ccc(NC)cc2)c1O.Cc1ccc(N(c2cc[c-]cc2)c2ccc(C)cc2)cc1.Cc1ccc(N=Nc2c(O)c(C(=O)Nc3ccccc3)cc3ccc4c5ccccc5[nH]c4c23)cc1.[CH3-].[Y]. The van der Waals surface area contributed by atoms with Crippen LogP contribution in [0.1, 0.15) is 45.1 Å². The Morgan fingerprint density at radius 2 is 0.980 bits per heavy atom. The second kappa shape index (κ2) is 31.1.